The molecule has 5 rings (SSSR count). The van der Waals surface area contributed by atoms with Gasteiger partial charge in [-0.15, -0.1) is 0 Å². The molecule has 0 radical (unpaired) electrons. The standard InChI is InChI=1S/C28H31BrN8O8S2/c1-28(2,26(42)43)45-34-18(17-21(29)46-27(30)33-17)22(38)32-19-23(39)37-20(25(40)41)14(13-47(44)24(19)37)12-36-9-4-6-15-16(36)7-11-35(15)10-5-8-31-3/h4,6-7,9,11,19,24,31H,5,8,10,12-13H2,1-3H3,(H4-,30,32,33,38,40,41,42,43)/p+1/b34-18-. The number of nitrogens with two attached hydrogens (primary N) is 1. The Kier molecular flexibility index (Phi) is 9.92. The van der Waals surface area contributed by atoms with Crippen LogP contribution in [0.3, 0.4) is 0 Å². The van der Waals surface area contributed by atoms with Gasteiger partial charge >= 0.3 is 11.9 Å². The molecule has 3 unspecified atom stereocenters. The number of nitrogen functional groups attached to an aromatic ring is 1. The molecular weight excluding hydrogens is 720 g/mol. The summed E-state index contributed by atoms with van der Waals surface area (Å²) in [5.41, 5.74) is 5.16. The molecule has 19 heteroatoms. The van der Waals surface area contributed by atoms with Gasteiger partial charge in [0.1, 0.15) is 26.4 Å². The molecule has 2 aliphatic rings. The fraction of sp³-hybridized carbons (Fsp3) is 0.393. The third-order valence-corrected chi connectivity index (χ3v) is 10.8. The summed E-state index contributed by atoms with van der Waals surface area (Å²) in [5, 5.41) is 27.8. The van der Waals surface area contributed by atoms with Crippen molar-refractivity contribution in [2.75, 3.05) is 25.1 Å². The van der Waals surface area contributed by atoms with Gasteiger partial charge < -0.3 is 40.5 Å². The van der Waals surface area contributed by atoms with Crippen molar-refractivity contribution < 1.29 is 43.3 Å². The van der Waals surface area contributed by atoms with Crippen molar-refractivity contribution in [1.82, 2.24) is 25.1 Å². The number of nitrogens with zero attached hydrogens (tertiary/aromatic N) is 5. The zero-order valence-corrected chi connectivity index (χ0v) is 28.6. The third-order valence-electron chi connectivity index (χ3n) is 7.62. The van der Waals surface area contributed by atoms with Crippen LogP contribution < -0.4 is 20.9 Å². The van der Waals surface area contributed by atoms with Gasteiger partial charge in [0, 0.05) is 24.9 Å². The van der Waals surface area contributed by atoms with Crippen LogP contribution in [0.1, 0.15) is 26.0 Å². The number of β-lactam (4-membered cyclic amide) rings is 1. The second-order valence-electron chi connectivity index (χ2n) is 11.2. The molecule has 1 saturated heterocycles. The summed E-state index contributed by atoms with van der Waals surface area (Å²) < 4.78 is 17.8. The average molecular weight is 753 g/mol. The lowest BCUT2D eigenvalue weighted by atomic mass is 10.0. The summed E-state index contributed by atoms with van der Waals surface area (Å²) in [6, 6.07) is 4.36. The maximum atomic E-state index is 13.6. The second-order valence-corrected chi connectivity index (χ2v) is 15.1. The summed E-state index contributed by atoms with van der Waals surface area (Å²) in [6.07, 6.45) is 4.66. The van der Waals surface area contributed by atoms with E-state index in [4.69, 9.17) is 10.6 Å². The highest BCUT2D eigenvalue weighted by molar-refractivity contribution is 9.11. The number of thiazole rings is 1. The predicted octanol–water partition coefficient (Wildman–Crippen LogP) is 0.378. The molecule has 47 heavy (non-hydrogen) atoms. The SMILES string of the molecule is CNCCCn1ccc2c1ccc[n+]2CC1=C(C(=O)O)N2C(=O)C(NC(=O)/C(=N\OC(C)(C)C(=O)O)c3nc(N)sc3Br)C2[S+]([O-])C1. The minimum absolute atomic E-state index is 0.0619. The first kappa shape index (κ1) is 34.3. The first-order valence-electron chi connectivity index (χ1n) is 14.2. The Bertz CT molecular complexity index is 1820. The van der Waals surface area contributed by atoms with Gasteiger partial charge in [0.2, 0.25) is 16.5 Å². The third kappa shape index (κ3) is 6.71. The van der Waals surface area contributed by atoms with Crippen LogP contribution in [-0.2, 0) is 48.3 Å². The molecular formula is C28H32BrN8O8S2+. The predicted molar refractivity (Wildman–Crippen MR) is 174 cm³/mol. The molecule has 0 aliphatic carbocycles. The topological polar surface area (TPSA) is 228 Å². The highest BCUT2D eigenvalue weighted by Crippen LogP contribution is 2.37. The van der Waals surface area contributed by atoms with Gasteiger partial charge in [-0.2, -0.15) is 4.57 Å². The Morgan fingerprint density at radius 1 is 1.34 bits per heavy atom. The zero-order chi connectivity index (χ0) is 34.2. The number of carboxylic acids is 2. The van der Waals surface area contributed by atoms with Gasteiger partial charge in [0.15, 0.2) is 29.6 Å². The number of hydrogen-bond donors (Lipinski definition) is 5. The van der Waals surface area contributed by atoms with Crippen LogP contribution in [0.5, 0.6) is 0 Å². The van der Waals surface area contributed by atoms with E-state index in [1.54, 1.807) is 6.20 Å². The average Bonchev–Trinajstić information content (AvgIpc) is 3.57. The largest absolute Gasteiger partial charge is 0.614 e. The maximum Gasteiger partial charge on any atom is 0.353 e. The lowest BCUT2D eigenvalue weighted by Gasteiger charge is -2.48. The molecule has 3 aromatic heterocycles. The van der Waals surface area contributed by atoms with Crippen molar-refractivity contribution in [1.29, 1.82) is 0 Å². The number of amides is 2. The van der Waals surface area contributed by atoms with Gasteiger partial charge in [-0.1, -0.05) is 16.5 Å². The van der Waals surface area contributed by atoms with E-state index in [-0.39, 0.29) is 32.6 Å². The number of carbonyl (C=O) groups excluding carboxylic acids is 2. The van der Waals surface area contributed by atoms with Crippen molar-refractivity contribution in [2.24, 2.45) is 5.16 Å². The van der Waals surface area contributed by atoms with E-state index >= 15 is 0 Å². The molecule has 3 aromatic rings. The number of anilines is 1. The minimum Gasteiger partial charge on any atom is -0.614 e. The lowest BCUT2D eigenvalue weighted by Crippen LogP contribution is -2.75. The molecule has 2 aliphatic heterocycles. The van der Waals surface area contributed by atoms with Crippen LogP contribution in [0.15, 0.2) is 50.8 Å². The maximum absolute atomic E-state index is 13.6. The monoisotopic (exact) mass is 751 g/mol. The van der Waals surface area contributed by atoms with Gasteiger partial charge in [-0.05, 0) is 67.0 Å². The Labute approximate surface area is 283 Å². The molecule has 2 amide bonds. The number of rotatable bonds is 13. The number of fused-ring (bicyclic) bond motifs is 2. The fourth-order valence-electron chi connectivity index (χ4n) is 5.22. The van der Waals surface area contributed by atoms with Crippen molar-refractivity contribution in [2.45, 2.75) is 50.4 Å². The molecule has 5 heterocycles. The minimum atomic E-state index is -1.83. The smallest absolute Gasteiger partial charge is 0.353 e. The number of carbonyl (C=O) groups is 4. The number of aliphatic carboxylic acids is 2. The zero-order valence-electron chi connectivity index (χ0n) is 25.4. The molecule has 250 valence electrons. The van der Waals surface area contributed by atoms with E-state index in [2.05, 4.69) is 41.3 Å². The summed E-state index contributed by atoms with van der Waals surface area (Å²) >= 11 is 2.41. The Morgan fingerprint density at radius 2 is 2.09 bits per heavy atom. The molecule has 3 atom stereocenters. The Morgan fingerprint density at radius 3 is 2.72 bits per heavy atom. The van der Waals surface area contributed by atoms with Crippen molar-refractivity contribution in [3.63, 3.8) is 0 Å². The molecule has 0 saturated carbocycles. The number of hydrogen-bond acceptors (Lipinski definition) is 11. The number of aromatic nitrogens is 3. The van der Waals surface area contributed by atoms with Crippen LogP contribution in [0.4, 0.5) is 5.13 Å². The van der Waals surface area contributed by atoms with Crippen molar-refractivity contribution in [3.05, 3.63) is 51.3 Å². The molecule has 0 spiro atoms. The molecule has 6 N–H and O–H groups in total. The van der Waals surface area contributed by atoms with E-state index < -0.39 is 57.7 Å². The van der Waals surface area contributed by atoms with E-state index in [1.807, 2.05) is 36.0 Å². The Balaban J connectivity index is 1.41. The number of carboxylic acid groups (broad SMARTS) is 2. The fourth-order valence-corrected chi connectivity index (χ4v) is 8.23. The summed E-state index contributed by atoms with van der Waals surface area (Å²) in [5.74, 6) is -4.67. The first-order valence-corrected chi connectivity index (χ1v) is 17.2. The number of nitrogens with one attached hydrogen (secondary N) is 2. The number of halogens is 1. The summed E-state index contributed by atoms with van der Waals surface area (Å²) in [6.45, 7) is 4.14. The van der Waals surface area contributed by atoms with E-state index in [0.717, 1.165) is 46.8 Å². The number of pyridine rings is 1. The van der Waals surface area contributed by atoms with Crippen LogP contribution >= 0.6 is 27.3 Å². The number of aryl methyl sites for hydroxylation is 1. The summed E-state index contributed by atoms with van der Waals surface area (Å²) in [7, 11) is 1.89. The molecule has 16 nitrogen and oxygen atoms in total. The normalized spacial score (nSPS) is 19.9. The lowest BCUT2D eigenvalue weighted by molar-refractivity contribution is -0.663. The second kappa shape index (κ2) is 13.6. The van der Waals surface area contributed by atoms with E-state index in [0.29, 0.717) is 5.57 Å². The van der Waals surface area contributed by atoms with Crippen LogP contribution in [0, 0.1) is 0 Å². The van der Waals surface area contributed by atoms with E-state index in [9.17, 15) is 33.9 Å². The van der Waals surface area contributed by atoms with Crippen molar-refractivity contribution >= 4 is 84.1 Å². The van der Waals surface area contributed by atoms with Crippen LogP contribution in [-0.4, -0.2) is 95.0 Å². The van der Waals surface area contributed by atoms with Gasteiger partial charge in [0.05, 0.1) is 5.57 Å². The van der Waals surface area contributed by atoms with Gasteiger partial charge in [-0.3, -0.25) is 14.5 Å². The van der Waals surface area contributed by atoms with Gasteiger partial charge in [0.25, 0.3) is 11.8 Å². The Hall–Kier alpha value is -4.04. The van der Waals surface area contributed by atoms with Crippen LogP contribution in [0.25, 0.3) is 11.0 Å². The highest BCUT2D eigenvalue weighted by atomic mass is 79.9. The van der Waals surface area contributed by atoms with E-state index in [1.165, 1.54) is 13.8 Å². The molecule has 0 bridgehead atoms. The van der Waals surface area contributed by atoms with Gasteiger partial charge in [-0.25, -0.2) is 14.6 Å². The first-order chi connectivity index (χ1) is 22.2. The summed E-state index contributed by atoms with van der Waals surface area (Å²) in [4.78, 5) is 61.1. The molecule has 0 aromatic carbocycles. The number of oxime groups is 1. The molecule has 1 fully saturated rings. The highest BCUT2D eigenvalue weighted by Gasteiger charge is 2.61. The quantitative estimate of drug-likeness (QED) is 0.0400. The van der Waals surface area contributed by atoms with Crippen molar-refractivity contribution in [3.8, 4) is 0 Å². The van der Waals surface area contributed by atoms with Crippen LogP contribution in [0.2, 0.25) is 0 Å².